The van der Waals surface area contributed by atoms with Crippen LogP contribution in [0.25, 0.3) is 11.3 Å². The van der Waals surface area contributed by atoms with E-state index >= 15 is 0 Å². The molecule has 0 aliphatic rings. The fourth-order valence-corrected chi connectivity index (χ4v) is 1.62. The maximum absolute atomic E-state index is 4.21. The molecule has 0 saturated heterocycles. The summed E-state index contributed by atoms with van der Waals surface area (Å²) in [6.07, 6.45) is 0. The van der Waals surface area contributed by atoms with Crippen LogP contribution in [0.15, 0.2) is 30.3 Å². The highest BCUT2D eigenvalue weighted by Gasteiger charge is 2.04. The standard InChI is InChI=1S/C13H15N3/c1-9-4-5-10(2)11(8-9)12-6-7-13(14-3)16-15-12/h4-8H,1-3H3,(H,14,16). The Hall–Kier alpha value is -1.90. The molecular formula is C13H15N3. The number of hydrogen-bond donors (Lipinski definition) is 1. The smallest absolute Gasteiger partial charge is 0.148 e. The maximum atomic E-state index is 4.21. The van der Waals surface area contributed by atoms with Crippen molar-refractivity contribution in [1.82, 2.24) is 10.2 Å². The van der Waals surface area contributed by atoms with E-state index in [1.54, 1.807) is 0 Å². The molecule has 0 atom stereocenters. The van der Waals surface area contributed by atoms with Gasteiger partial charge in [-0.3, -0.25) is 0 Å². The molecule has 0 bridgehead atoms. The molecule has 0 aliphatic carbocycles. The molecule has 0 radical (unpaired) electrons. The molecule has 82 valence electrons. The molecule has 1 aromatic carbocycles. The van der Waals surface area contributed by atoms with Gasteiger partial charge in [-0.2, -0.15) is 0 Å². The zero-order chi connectivity index (χ0) is 11.5. The number of aromatic nitrogens is 2. The Morgan fingerprint density at radius 1 is 1.00 bits per heavy atom. The van der Waals surface area contributed by atoms with E-state index in [0.29, 0.717) is 0 Å². The van der Waals surface area contributed by atoms with Crippen LogP contribution in [-0.4, -0.2) is 17.2 Å². The van der Waals surface area contributed by atoms with E-state index in [9.17, 15) is 0 Å². The summed E-state index contributed by atoms with van der Waals surface area (Å²) in [7, 11) is 1.83. The van der Waals surface area contributed by atoms with Gasteiger partial charge in [-0.1, -0.05) is 17.7 Å². The van der Waals surface area contributed by atoms with Gasteiger partial charge in [-0.05, 0) is 37.6 Å². The molecule has 1 heterocycles. The molecule has 0 saturated carbocycles. The maximum Gasteiger partial charge on any atom is 0.148 e. The monoisotopic (exact) mass is 213 g/mol. The molecule has 1 N–H and O–H groups in total. The van der Waals surface area contributed by atoms with Gasteiger partial charge in [0.1, 0.15) is 5.82 Å². The van der Waals surface area contributed by atoms with Crippen molar-refractivity contribution in [2.24, 2.45) is 0 Å². The largest absolute Gasteiger partial charge is 0.372 e. The van der Waals surface area contributed by atoms with E-state index in [1.807, 2.05) is 19.2 Å². The highest BCUT2D eigenvalue weighted by Crippen LogP contribution is 2.22. The summed E-state index contributed by atoms with van der Waals surface area (Å²) in [5.74, 6) is 0.786. The van der Waals surface area contributed by atoms with E-state index in [2.05, 4.69) is 47.6 Å². The van der Waals surface area contributed by atoms with Crippen LogP contribution in [0.4, 0.5) is 5.82 Å². The predicted molar refractivity (Wildman–Crippen MR) is 66.5 cm³/mol. The SMILES string of the molecule is CNc1ccc(-c2cc(C)ccc2C)nn1. The number of benzene rings is 1. The van der Waals surface area contributed by atoms with E-state index < -0.39 is 0 Å². The Morgan fingerprint density at radius 2 is 1.81 bits per heavy atom. The van der Waals surface area contributed by atoms with Crippen molar-refractivity contribution in [3.05, 3.63) is 41.5 Å². The summed E-state index contributed by atoms with van der Waals surface area (Å²) < 4.78 is 0. The Labute approximate surface area is 95.5 Å². The second-order valence-electron chi connectivity index (χ2n) is 3.87. The number of nitrogens with one attached hydrogen (secondary N) is 1. The van der Waals surface area contributed by atoms with Crippen molar-refractivity contribution < 1.29 is 0 Å². The Bertz CT molecular complexity index is 489. The predicted octanol–water partition coefficient (Wildman–Crippen LogP) is 2.80. The lowest BCUT2D eigenvalue weighted by molar-refractivity contribution is 1.03. The van der Waals surface area contributed by atoms with Gasteiger partial charge in [0.05, 0.1) is 5.69 Å². The third-order valence-electron chi connectivity index (χ3n) is 2.59. The summed E-state index contributed by atoms with van der Waals surface area (Å²) >= 11 is 0. The van der Waals surface area contributed by atoms with Crippen molar-refractivity contribution in [3.8, 4) is 11.3 Å². The zero-order valence-electron chi connectivity index (χ0n) is 9.78. The van der Waals surface area contributed by atoms with E-state index in [-0.39, 0.29) is 0 Å². The van der Waals surface area contributed by atoms with Crippen molar-refractivity contribution in [1.29, 1.82) is 0 Å². The van der Waals surface area contributed by atoms with Crippen molar-refractivity contribution in [3.63, 3.8) is 0 Å². The van der Waals surface area contributed by atoms with Gasteiger partial charge in [-0.15, -0.1) is 10.2 Å². The summed E-state index contributed by atoms with van der Waals surface area (Å²) in [4.78, 5) is 0. The first-order valence-corrected chi connectivity index (χ1v) is 5.30. The molecule has 3 nitrogen and oxygen atoms in total. The molecule has 16 heavy (non-hydrogen) atoms. The van der Waals surface area contributed by atoms with Gasteiger partial charge < -0.3 is 5.32 Å². The van der Waals surface area contributed by atoms with Crippen molar-refractivity contribution in [2.75, 3.05) is 12.4 Å². The van der Waals surface area contributed by atoms with Crippen LogP contribution in [-0.2, 0) is 0 Å². The lowest BCUT2D eigenvalue weighted by atomic mass is 10.0. The highest BCUT2D eigenvalue weighted by molar-refractivity contribution is 5.64. The molecule has 0 aliphatic heterocycles. The minimum absolute atomic E-state index is 0.786. The molecule has 3 heteroatoms. The van der Waals surface area contributed by atoms with Gasteiger partial charge in [0.2, 0.25) is 0 Å². The van der Waals surface area contributed by atoms with Gasteiger partial charge in [0.15, 0.2) is 0 Å². The Morgan fingerprint density at radius 3 is 2.44 bits per heavy atom. The third kappa shape index (κ3) is 2.03. The van der Waals surface area contributed by atoms with Crippen LogP contribution < -0.4 is 5.32 Å². The van der Waals surface area contributed by atoms with Crippen LogP contribution in [0.1, 0.15) is 11.1 Å². The van der Waals surface area contributed by atoms with E-state index in [4.69, 9.17) is 0 Å². The van der Waals surface area contributed by atoms with Crippen molar-refractivity contribution in [2.45, 2.75) is 13.8 Å². The molecule has 0 spiro atoms. The average Bonchev–Trinajstić information content (AvgIpc) is 2.32. The topological polar surface area (TPSA) is 37.8 Å². The summed E-state index contributed by atoms with van der Waals surface area (Å²) in [5.41, 5.74) is 4.52. The quantitative estimate of drug-likeness (QED) is 0.833. The first-order valence-electron chi connectivity index (χ1n) is 5.30. The lowest BCUT2D eigenvalue weighted by Gasteiger charge is -2.06. The highest BCUT2D eigenvalue weighted by atomic mass is 15.2. The molecule has 1 aromatic heterocycles. The summed E-state index contributed by atoms with van der Waals surface area (Å²) in [6, 6.07) is 10.3. The van der Waals surface area contributed by atoms with Gasteiger partial charge in [0.25, 0.3) is 0 Å². The molecule has 2 rings (SSSR count). The normalized spacial score (nSPS) is 10.2. The molecular weight excluding hydrogens is 198 g/mol. The molecule has 2 aromatic rings. The van der Waals surface area contributed by atoms with Crippen LogP contribution in [0.2, 0.25) is 0 Å². The van der Waals surface area contributed by atoms with Gasteiger partial charge in [-0.25, -0.2) is 0 Å². The zero-order valence-corrected chi connectivity index (χ0v) is 9.78. The number of rotatable bonds is 2. The second-order valence-corrected chi connectivity index (χ2v) is 3.87. The Balaban J connectivity index is 2.45. The van der Waals surface area contributed by atoms with E-state index in [0.717, 1.165) is 17.1 Å². The van der Waals surface area contributed by atoms with Crippen molar-refractivity contribution >= 4 is 5.82 Å². The first kappa shape index (κ1) is 10.6. The fourth-order valence-electron chi connectivity index (χ4n) is 1.62. The minimum atomic E-state index is 0.786. The van der Waals surface area contributed by atoms with Gasteiger partial charge in [0, 0.05) is 12.6 Å². The molecule has 0 fully saturated rings. The lowest BCUT2D eigenvalue weighted by Crippen LogP contribution is -1.96. The number of nitrogens with zero attached hydrogens (tertiary/aromatic N) is 2. The number of hydrogen-bond acceptors (Lipinski definition) is 3. The summed E-state index contributed by atoms with van der Waals surface area (Å²) in [6.45, 7) is 4.17. The minimum Gasteiger partial charge on any atom is -0.372 e. The third-order valence-corrected chi connectivity index (χ3v) is 2.59. The van der Waals surface area contributed by atoms with Crippen LogP contribution >= 0.6 is 0 Å². The second kappa shape index (κ2) is 4.31. The van der Waals surface area contributed by atoms with Gasteiger partial charge >= 0.3 is 0 Å². The summed E-state index contributed by atoms with van der Waals surface area (Å²) in [5, 5.41) is 11.3. The molecule has 0 amide bonds. The number of anilines is 1. The number of aryl methyl sites for hydroxylation is 2. The Kier molecular flexibility index (Phi) is 2.86. The average molecular weight is 213 g/mol. The van der Waals surface area contributed by atoms with Crippen LogP contribution in [0.5, 0.6) is 0 Å². The van der Waals surface area contributed by atoms with Crippen LogP contribution in [0.3, 0.4) is 0 Å². The fraction of sp³-hybridized carbons (Fsp3) is 0.231. The first-order chi connectivity index (χ1) is 7.70. The molecule has 0 unspecified atom stereocenters. The van der Waals surface area contributed by atoms with Crippen LogP contribution in [0, 0.1) is 13.8 Å². The van der Waals surface area contributed by atoms with E-state index in [1.165, 1.54) is 11.1 Å².